The summed E-state index contributed by atoms with van der Waals surface area (Å²) in [4.78, 5) is -0.354. The molecule has 1 atom stereocenters. The van der Waals surface area contributed by atoms with Gasteiger partial charge in [0.15, 0.2) is 0 Å². The first-order valence-corrected chi connectivity index (χ1v) is 7.04. The van der Waals surface area contributed by atoms with Crippen LogP contribution in [0.5, 0.6) is 0 Å². The molecule has 7 heteroatoms. The van der Waals surface area contributed by atoms with Crippen LogP contribution in [-0.4, -0.2) is 14.5 Å². The molecule has 1 aromatic carbocycles. The van der Waals surface area contributed by atoms with E-state index in [-0.39, 0.29) is 21.8 Å². The van der Waals surface area contributed by atoms with Crippen LogP contribution < -0.4 is 5.73 Å². The van der Waals surface area contributed by atoms with Gasteiger partial charge in [0, 0.05) is 11.6 Å². The van der Waals surface area contributed by atoms with E-state index in [1.54, 1.807) is 6.92 Å². The minimum absolute atomic E-state index is 0.0221. The van der Waals surface area contributed by atoms with Crippen molar-refractivity contribution in [2.45, 2.75) is 30.5 Å². The Bertz CT molecular complexity index is 645. The SMILES string of the molecule is CC(N)CC1=Cc2c(C(F)(F)F)cccc2S1(=O)=O. The Morgan fingerprint density at radius 2 is 1.95 bits per heavy atom. The zero-order chi connectivity index (χ0) is 14.4. The lowest BCUT2D eigenvalue weighted by molar-refractivity contribution is -0.137. The van der Waals surface area contributed by atoms with Crippen molar-refractivity contribution >= 4 is 15.9 Å². The second-order valence-corrected chi connectivity index (χ2v) is 6.48. The standard InChI is InChI=1S/C12H12F3NO2S/c1-7(16)5-8-6-9-10(12(13,14)15)3-2-4-11(9)19(8,17)18/h2-4,6-7H,5,16H2,1H3. The predicted molar refractivity (Wildman–Crippen MR) is 64.9 cm³/mol. The van der Waals surface area contributed by atoms with Crippen molar-refractivity contribution in [1.29, 1.82) is 0 Å². The van der Waals surface area contributed by atoms with E-state index in [1.807, 2.05) is 0 Å². The first kappa shape index (κ1) is 14.1. The molecule has 0 aliphatic carbocycles. The molecule has 2 N–H and O–H groups in total. The Morgan fingerprint density at radius 3 is 2.47 bits per heavy atom. The summed E-state index contributed by atoms with van der Waals surface area (Å²) in [5.74, 6) is 0. The Labute approximate surface area is 108 Å². The van der Waals surface area contributed by atoms with Crippen molar-refractivity contribution < 1.29 is 21.6 Å². The number of sulfone groups is 1. The van der Waals surface area contributed by atoms with Crippen LogP contribution in [0.1, 0.15) is 24.5 Å². The van der Waals surface area contributed by atoms with Crippen molar-refractivity contribution in [3.63, 3.8) is 0 Å². The maximum Gasteiger partial charge on any atom is 0.417 e. The fourth-order valence-electron chi connectivity index (χ4n) is 2.04. The second kappa shape index (κ2) is 4.35. The van der Waals surface area contributed by atoms with Crippen molar-refractivity contribution in [2.75, 3.05) is 0 Å². The number of alkyl halides is 3. The van der Waals surface area contributed by atoms with Crippen molar-refractivity contribution in [2.24, 2.45) is 5.73 Å². The van der Waals surface area contributed by atoms with Crippen LogP contribution in [0, 0.1) is 0 Å². The molecule has 3 nitrogen and oxygen atoms in total. The summed E-state index contributed by atoms with van der Waals surface area (Å²) >= 11 is 0. The van der Waals surface area contributed by atoms with Crippen LogP contribution >= 0.6 is 0 Å². The van der Waals surface area contributed by atoms with Crippen LogP contribution in [0.3, 0.4) is 0 Å². The molecule has 1 aliphatic heterocycles. The molecular weight excluding hydrogens is 279 g/mol. The Balaban J connectivity index is 2.64. The molecule has 0 aromatic heterocycles. The minimum Gasteiger partial charge on any atom is -0.328 e. The van der Waals surface area contributed by atoms with Gasteiger partial charge in [0.2, 0.25) is 9.84 Å². The molecule has 104 valence electrons. The number of halogens is 3. The van der Waals surface area contributed by atoms with Gasteiger partial charge in [-0.2, -0.15) is 13.2 Å². The summed E-state index contributed by atoms with van der Waals surface area (Å²) in [6, 6.07) is 2.72. The molecule has 1 aliphatic rings. The van der Waals surface area contributed by atoms with Crippen LogP contribution in [0.25, 0.3) is 6.08 Å². The van der Waals surface area contributed by atoms with Crippen molar-refractivity contribution in [3.8, 4) is 0 Å². The molecule has 0 spiro atoms. The molecule has 0 amide bonds. The zero-order valence-electron chi connectivity index (χ0n) is 10.0. The molecule has 0 fully saturated rings. The summed E-state index contributed by atoms with van der Waals surface area (Å²) in [5.41, 5.74) is 4.30. The van der Waals surface area contributed by atoms with Crippen molar-refractivity contribution in [3.05, 3.63) is 34.2 Å². The minimum atomic E-state index is -4.58. The molecule has 0 saturated carbocycles. The van der Waals surface area contributed by atoms with Gasteiger partial charge in [-0.25, -0.2) is 8.42 Å². The van der Waals surface area contributed by atoms with Gasteiger partial charge in [-0.1, -0.05) is 6.07 Å². The molecule has 0 bridgehead atoms. The lowest BCUT2D eigenvalue weighted by Gasteiger charge is -2.10. The molecule has 1 aromatic rings. The van der Waals surface area contributed by atoms with E-state index in [9.17, 15) is 21.6 Å². The highest BCUT2D eigenvalue weighted by molar-refractivity contribution is 7.95. The lowest BCUT2D eigenvalue weighted by atomic mass is 10.1. The monoisotopic (exact) mass is 291 g/mol. The third-order valence-corrected chi connectivity index (χ3v) is 4.74. The smallest absolute Gasteiger partial charge is 0.328 e. The molecular formula is C12H12F3NO2S. The van der Waals surface area contributed by atoms with Gasteiger partial charge >= 0.3 is 6.18 Å². The predicted octanol–water partition coefficient (Wildman–Crippen LogP) is 2.57. The summed E-state index contributed by atoms with van der Waals surface area (Å²) in [6.07, 6.45) is -3.48. The van der Waals surface area contributed by atoms with Crippen molar-refractivity contribution in [1.82, 2.24) is 0 Å². The summed E-state index contributed by atoms with van der Waals surface area (Å²) < 4.78 is 62.7. The van der Waals surface area contributed by atoms with Crippen LogP contribution in [0.15, 0.2) is 28.0 Å². The van der Waals surface area contributed by atoms with Gasteiger partial charge in [-0.3, -0.25) is 0 Å². The summed E-state index contributed by atoms with van der Waals surface area (Å²) in [7, 11) is -3.84. The maximum absolute atomic E-state index is 12.8. The van der Waals surface area contributed by atoms with E-state index in [1.165, 1.54) is 6.07 Å². The fourth-order valence-corrected chi connectivity index (χ4v) is 3.79. The first-order valence-electron chi connectivity index (χ1n) is 5.55. The first-order chi connectivity index (χ1) is 8.64. The zero-order valence-corrected chi connectivity index (χ0v) is 10.8. The Morgan fingerprint density at radius 1 is 1.32 bits per heavy atom. The number of benzene rings is 1. The van der Waals surface area contributed by atoms with E-state index in [0.717, 1.165) is 18.2 Å². The van der Waals surface area contributed by atoms with Gasteiger partial charge in [0.25, 0.3) is 0 Å². The number of hydrogen-bond acceptors (Lipinski definition) is 3. The number of hydrogen-bond donors (Lipinski definition) is 1. The van der Waals surface area contributed by atoms with Gasteiger partial charge < -0.3 is 5.73 Å². The topological polar surface area (TPSA) is 60.2 Å². The van der Waals surface area contributed by atoms with Crippen LogP contribution in [-0.2, 0) is 16.0 Å². The van der Waals surface area contributed by atoms with Crippen LogP contribution in [0.4, 0.5) is 13.2 Å². The average molecular weight is 291 g/mol. The highest BCUT2D eigenvalue weighted by atomic mass is 32.2. The molecule has 1 heterocycles. The average Bonchev–Trinajstić information content (AvgIpc) is 2.49. The van der Waals surface area contributed by atoms with Crippen LogP contribution in [0.2, 0.25) is 0 Å². The second-order valence-electron chi connectivity index (χ2n) is 4.51. The van der Waals surface area contributed by atoms with Gasteiger partial charge in [0.05, 0.1) is 15.4 Å². The molecule has 0 radical (unpaired) electrons. The van der Waals surface area contributed by atoms with E-state index in [0.29, 0.717) is 0 Å². The van der Waals surface area contributed by atoms with E-state index in [2.05, 4.69) is 0 Å². The fraction of sp³-hybridized carbons (Fsp3) is 0.333. The molecule has 0 saturated heterocycles. The van der Waals surface area contributed by atoms with E-state index >= 15 is 0 Å². The maximum atomic E-state index is 12.8. The number of fused-ring (bicyclic) bond motifs is 1. The quantitative estimate of drug-likeness (QED) is 0.911. The summed E-state index contributed by atoms with van der Waals surface area (Å²) in [6.45, 7) is 1.60. The van der Waals surface area contributed by atoms with Gasteiger partial charge in [0.1, 0.15) is 0 Å². The van der Waals surface area contributed by atoms with E-state index < -0.39 is 27.6 Å². The molecule has 2 rings (SSSR count). The normalized spacial score (nSPS) is 18.9. The third-order valence-electron chi connectivity index (χ3n) is 2.83. The van der Waals surface area contributed by atoms with Gasteiger partial charge in [-0.15, -0.1) is 0 Å². The third kappa shape index (κ3) is 2.40. The largest absolute Gasteiger partial charge is 0.417 e. The Kier molecular flexibility index (Phi) is 3.22. The highest BCUT2D eigenvalue weighted by Gasteiger charge is 2.39. The number of rotatable bonds is 2. The van der Waals surface area contributed by atoms with E-state index in [4.69, 9.17) is 5.73 Å². The Hall–Kier alpha value is -1.34. The molecule has 19 heavy (non-hydrogen) atoms. The number of nitrogens with two attached hydrogens (primary N) is 1. The molecule has 1 unspecified atom stereocenters. The highest BCUT2D eigenvalue weighted by Crippen LogP contribution is 2.42. The van der Waals surface area contributed by atoms with Gasteiger partial charge in [-0.05, 0) is 31.6 Å². The lowest BCUT2D eigenvalue weighted by Crippen LogP contribution is -2.17. The summed E-state index contributed by atoms with van der Waals surface area (Å²) in [5, 5.41) is 0.